The van der Waals surface area contributed by atoms with Crippen LogP contribution >= 0.6 is 23.1 Å². The number of fused-ring (bicyclic) bond motifs is 1. The molecule has 0 saturated carbocycles. The topological polar surface area (TPSA) is 70.2 Å². The van der Waals surface area contributed by atoms with Gasteiger partial charge < -0.3 is 9.88 Å². The average molecular weight is 473 g/mol. The van der Waals surface area contributed by atoms with E-state index >= 15 is 0 Å². The van der Waals surface area contributed by atoms with Crippen molar-refractivity contribution in [2.45, 2.75) is 46.5 Å². The average Bonchev–Trinajstić information content (AvgIpc) is 3.42. The van der Waals surface area contributed by atoms with Crippen LogP contribution in [0.1, 0.15) is 51.4 Å². The molecule has 33 heavy (non-hydrogen) atoms. The monoisotopic (exact) mass is 472 g/mol. The van der Waals surface area contributed by atoms with Crippen LogP contribution in [0.15, 0.2) is 40.2 Å². The summed E-state index contributed by atoms with van der Waals surface area (Å²) in [7, 11) is 0. The number of benzene rings is 1. The number of hydrogen-bond acceptors (Lipinski definition) is 5. The Balaban J connectivity index is 1.48. The number of amidine groups is 1. The van der Waals surface area contributed by atoms with Gasteiger partial charge in [0.1, 0.15) is 11.1 Å². The number of amides is 1. The van der Waals surface area contributed by atoms with Crippen LogP contribution in [0.2, 0.25) is 0 Å². The summed E-state index contributed by atoms with van der Waals surface area (Å²) in [6.07, 6.45) is 6.32. The van der Waals surface area contributed by atoms with Crippen LogP contribution in [-0.4, -0.2) is 15.6 Å². The van der Waals surface area contributed by atoms with Crippen LogP contribution in [0, 0.1) is 32.1 Å². The number of rotatable bonds is 3. The third-order valence-electron chi connectivity index (χ3n) is 6.14. The predicted molar refractivity (Wildman–Crippen MR) is 136 cm³/mol. The van der Waals surface area contributed by atoms with E-state index in [2.05, 4.69) is 40.9 Å². The summed E-state index contributed by atoms with van der Waals surface area (Å²) in [5, 5.41) is 14.4. The van der Waals surface area contributed by atoms with Crippen molar-refractivity contribution < 1.29 is 4.79 Å². The molecule has 2 aliphatic rings. The van der Waals surface area contributed by atoms with Gasteiger partial charge in [0.25, 0.3) is 5.91 Å². The smallest absolute Gasteiger partial charge is 0.264 e. The Bertz CT molecular complexity index is 1370. The highest BCUT2D eigenvalue weighted by Gasteiger charge is 2.26. The fraction of sp³-hybridized carbons (Fsp3) is 0.269. The van der Waals surface area contributed by atoms with Gasteiger partial charge in [-0.1, -0.05) is 17.7 Å². The Morgan fingerprint density at radius 1 is 1.15 bits per heavy atom. The first-order valence-corrected chi connectivity index (χ1v) is 12.7. The number of carbonyl (C=O) groups excluding carboxylic acids is 1. The van der Waals surface area contributed by atoms with E-state index in [9.17, 15) is 10.1 Å². The lowest BCUT2D eigenvalue weighted by Crippen LogP contribution is -2.19. The summed E-state index contributed by atoms with van der Waals surface area (Å²) >= 11 is 3.10. The molecule has 2 aromatic heterocycles. The lowest BCUT2D eigenvalue weighted by molar-refractivity contribution is -0.115. The largest absolute Gasteiger partial charge is 0.308 e. The summed E-state index contributed by atoms with van der Waals surface area (Å²) < 4.78 is 2.17. The van der Waals surface area contributed by atoms with Crippen LogP contribution in [0.3, 0.4) is 0 Å². The van der Waals surface area contributed by atoms with Crippen molar-refractivity contribution >= 4 is 45.9 Å². The molecule has 1 aromatic carbocycles. The number of nitrogens with one attached hydrogen (secondary N) is 1. The Kier molecular flexibility index (Phi) is 5.73. The van der Waals surface area contributed by atoms with E-state index in [1.54, 1.807) is 11.3 Å². The van der Waals surface area contributed by atoms with E-state index < -0.39 is 0 Å². The number of aliphatic imine (C=N–C) groups is 1. The highest BCUT2D eigenvalue weighted by Crippen LogP contribution is 2.39. The third kappa shape index (κ3) is 4.05. The van der Waals surface area contributed by atoms with Crippen molar-refractivity contribution in [2.24, 2.45) is 4.99 Å². The second-order valence-electron chi connectivity index (χ2n) is 8.48. The van der Waals surface area contributed by atoms with Gasteiger partial charge >= 0.3 is 0 Å². The van der Waals surface area contributed by atoms with E-state index in [-0.39, 0.29) is 5.91 Å². The van der Waals surface area contributed by atoms with Crippen LogP contribution in [0.4, 0.5) is 5.69 Å². The molecule has 7 heteroatoms. The normalized spacial score (nSPS) is 17.9. The second-order valence-corrected chi connectivity index (χ2v) is 10.6. The van der Waals surface area contributed by atoms with Gasteiger partial charge in [0.2, 0.25) is 0 Å². The van der Waals surface area contributed by atoms with Crippen molar-refractivity contribution in [3.8, 4) is 11.1 Å². The van der Waals surface area contributed by atoms with Crippen LogP contribution in [0.5, 0.6) is 0 Å². The zero-order chi connectivity index (χ0) is 23.1. The first kappa shape index (κ1) is 21.7. The standard InChI is InChI=1S/C26H24N4OS2/c1-15-8-10-19(11-9-15)28-26-29-24(31)23(33-26)13-18-12-16(2)30(17(18)3)25-21(14-27)20-6-4-5-7-22(20)32-25/h8-13H,4-7H2,1-3H3,(H,28,29,31)/b23-13+. The maximum atomic E-state index is 12.6. The molecular formula is C26H24N4OS2. The summed E-state index contributed by atoms with van der Waals surface area (Å²) in [6.45, 7) is 6.14. The maximum absolute atomic E-state index is 12.6. The highest BCUT2D eigenvalue weighted by atomic mass is 32.2. The molecule has 1 aliphatic heterocycles. The van der Waals surface area contributed by atoms with Gasteiger partial charge in [-0.15, -0.1) is 11.3 Å². The van der Waals surface area contributed by atoms with Crippen molar-refractivity contribution in [1.29, 1.82) is 5.26 Å². The number of aromatic nitrogens is 1. The van der Waals surface area contributed by atoms with Gasteiger partial charge in [-0.25, -0.2) is 4.99 Å². The molecular weight excluding hydrogens is 448 g/mol. The SMILES string of the molecule is Cc1ccc(N=C2NC(=O)/C(=C\c3cc(C)n(-c4sc5c(c4C#N)CCCC5)c3C)S2)cc1. The minimum Gasteiger partial charge on any atom is -0.308 e. The first-order chi connectivity index (χ1) is 15.9. The Morgan fingerprint density at radius 3 is 2.67 bits per heavy atom. The highest BCUT2D eigenvalue weighted by molar-refractivity contribution is 8.18. The van der Waals surface area contributed by atoms with Gasteiger partial charge in [-0.2, -0.15) is 5.26 Å². The molecule has 5 nitrogen and oxygen atoms in total. The van der Waals surface area contributed by atoms with Gasteiger partial charge in [-0.3, -0.25) is 4.79 Å². The summed E-state index contributed by atoms with van der Waals surface area (Å²) in [5.74, 6) is -0.139. The predicted octanol–water partition coefficient (Wildman–Crippen LogP) is 6.11. The Hall–Kier alpha value is -3.08. The molecule has 1 N–H and O–H groups in total. The molecule has 1 saturated heterocycles. The molecule has 0 spiro atoms. The number of nitrogens with zero attached hydrogens (tertiary/aromatic N) is 3. The molecule has 1 amide bonds. The zero-order valence-electron chi connectivity index (χ0n) is 18.9. The molecule has 1 aliphatic carbocycles. The van der Waals surface area contributed by atoms with E-state index in [4.69, 9.17) is 0 Å². The lowest BCUT2D eigenvalue weighted by atomic mass is 9.96. The van der Waals surface area contributed by atoms with Gasteiger partial charge in [0.15, 0.2) is 5.17 Å². The quantitative estimate of drug-likeness (QED) is 0.468. The number of hydrogen-bond donors (Lipinski definition) is 1. The van der Waals surface area contributed by atoms with E-state index in [0.29, 0.717) is 10.1 Å². The summed E-state index contributed by atoms with van der Waals surface area (Å²) in [5.41, 5.74) is 7.11. The fourth-order valence-electron chi connectivity index (χ4n) is 4.43. The zero-order valence-corrected chi connectivity index (χ0v) is 20.5. The van der Waals surface area contributed by atoms with E-state index in [1.165, 1.54) is 34.2 Å². The van der Waals surface area contributed by atoms with Crippen LogP contribution < -0.4 is 5.32 Å². The molecule has 0 unspecified atom stereocenters. The molecule has 166 valence electrons. The summed E-state index contributed by atoms with van der Waals surface area (Å²) in [4.78, 5) is 19.1. The molecule has 1 fully saturated rings. The minimum atomic E-state index is -0.139. The number of nitriles is 1. The number of carbonyl (C=O) groups is 1. The van der Waals surface area contributed by atoms with Crippen LogP contribution in [0.25, 0.3) is 11.1 Å². The number of aryl methyl sites for hydroxylation is 3. The Labute approximate surface area is 201 Å². The molecule has 0 atom stereocenters. The van der Waals surface area contributed by atoms with E-state index in [1.807, 2.05) is 37.3 Å². The van der Waals surface area contributed by atoms with Crippen molar-refractivity contribution in [3.05, 3.63) is 73.8 Å². The van der Waals surface area contributed by atoms with Gasteiger partial charge in [0.05, 0.1) is 16.2 Å². The molecule has 0 bridgehead atoms. The molecule has 0 radical (unpaired) electrons. The van der Waals surface area contributed by atoms with Crippen molar-refractivity contribution in [1.82, 2.24) is 9.88 Å². The third-order valence-corrected chi connectivity index (χ3v) is 8.33. The maximum Gasteiger partial charge on any atom is 0.264 e. The minimum absolute atomic E-state index is 0.139. The molecule has 3 aromatic rings. The molecule has 3 heterocycles. The van der Waals surface area contributed by atoms with Gasteiger partial charge in [0, 0.05) is 16.3 Å². The van der Waals surface area contributed by atoms with Crippen molar-refractivity contribution in [3.63, 3.8) is 0 Å². The van der Waals surface area contributed by atoms with E-state index in [0.717, 1.165) is 52.5 Å². The van der Waals surface area contributed by atoms with Crippen molar-refractivity contribution in [2.75, 3.05) is 0 Å². The number of thioether (sulfide) groups is 1. The Morgan fingerprint density at radius 2 is 1.91 bits per heavy atom. The number of thiophene rings is 1. The fourth-order valence-corrected chi connectivity index (χ4v) is 6.71. The second kappa shape index (κ2) is 8.69. The lowest BCUT2D eigenvalue weighted by Gasteiger charge is -2.10. The van der Waals surface area contributed by atoms with Gasteiger partial charge in [-0.05, 0) is 93.6 Å². The molecule has 5 rings (SSSR count). The summed E-state index contributed by atoms with van der Waals surface area (Å²) in [6, 6.07) is 12.5. The van der Waals surface area contributed by atoms with Crippen LogP contribution in [-0.2, 0) is 17.6 Å². The first-order valence-electron chi connectivity index (χ1n) is 11.0.